The van der Waals surface area contributed by atoms with E-state index in [1.54, 1.807) is 7.11 Å². The number of ether oxygens (including phenoxy) is 1. The van der Waals surface area contributed by atoms with Gasteiger partial charge >= 0.3 is 0 Å². The Hall–Kier alpha value is -1.39. The number of nitrogens with one attached hydrogen (secondary N) is 1. The summed E-state index contributed by atoms with van der Waals surface area (Å²) in [7, 11) is 3.80. The lowest BCUT2D eigenvalue weighted by Gasteiger charge is -2.25. The minimum atomic E-state index is 0.227. The highest BCUT2D eigenvalue weighted by Crippen LogP contribution is 2.19. The van der Waals surface area contributed by atoms with Gasteiger partial charge in [0.05, 0.1) is 17.1 Å². The lowest BCUT2D eigenvalue weighted by atomic mass is 10.0. The number of aromatic nitrogens is 2. The van der Waals surface area contributed by atoms with Gasteiger partial charge in [-0.3, -0.25) is 0 Å². The third-order valence-corrected chi connectivity index (χ3v) is 4.15. The van der Waals surface area contributed by atoms with E-state index in [9.17, 15) is 0 Å². The fourth-order valence-corrected chi connectivity index (χ4v) is 3.02. The summed E-state index contributed by atoms with van der Waals surface area (Å²) in [5, 5.41) is 3.40. The van der Waals surface area contributed by atoms with Gasteiger partial charge in [-0.1, -0.05) is 25.5 Å². The smallest absolute Gasteiger partial charge is 0.111 e. The topological polar surface area (TPSA) is 39.1 Å². The second-order valence-electron chi connectivity index (χ2n) is 5.42. The number of nitrogens with zero attached hydrogens (tertiary/aromatic N) is 2. The predicted octanol–water partition coefficient (Wildman–Crippen LogP) is 3.00. The van der Waals surface area contributed by atoms with Gasteiger partial charge in [0.15, 0.2) is 0 Å². The second kappa shape index (κ2) is 7.57. The summed E-state index contributed by atoms with van der Waals surface area (Å²) in [5.74, 6) is 1.14. The lowest BCUT2D eigenvalue weighted by molar-refractivity contribution is 0.0625. The zero-order chi connectivity index (χ0) is 15.2. The molecule has 1 heterocycles. The monoisotopic (exact) mass is 289 g/mol. The molecule has 0 saturated heterocycles. The summed E-state index contributed by atoms with van der Waals surface area (Å²) >= 11 is 0. The van der Waals surface area contributed by atoms with Crippen molar-refractivity contribution in [3.63, 3.8) is 0 Å². The van der Waals surface area contributed by atoms with Crippen molar-refractivity contribution >= 4 is 11.0 Å². The molecule has 0 bridgehead atoms. The summed E-state index contributed by atoms with van der Waals surface area (Å²) in [6.07, 6.45) is 3.30. The van der Waals surface area contributed by atoms with Crippen molar-refractivity contribution in [2.24, 2.45) is 0 Å². The highest BCUT2D eigenvalue weighted by molar-refractivity contribution is 5.75. The van der Waals surface area contributed by atoms with E-state index in [0.717, 1.165) is 37.1 Å². The van der Waals surface area contributed by atoms with Crippen LogP contribution in [0.1, 0.15) is 32.5 Å². The molecule has 2 unspecified atom stereocenters. The molecule has 4 nitrogen and oxygen atoms in total. The first kappa shape index (κ1) is 16.0. The van der Waals surface area contributed by atoms with Crippen LogP contribution in [0.5, 0.6) is 0 Å². The molecule has 1 N–H and O–H groups in total. The molecule has 0 radical (unpaired) electrons. The van der Waals surface area contributed by atoms with Gasteiger partial charge in [0.1, 0.15) is 5.82 Å². The molecule has 1 aromatic heterocycles. The number of rotatable bonds is 8. The Morgan fingerprint density at radius 3 is 2.67 bits per heavy atom. The molecule has 1 aromatic carbocycles. The minimum Gasteiger partial charge on any atom is -0.380 e. The summed E-state index contributed by atoms with van der Waals surface area (Å²) < 4.78 is 7.97. The Balaban J connectivity index is 2.28. The van der Waals surface area contributed by atoms with Crippen molar-refractivity contribution in [2.75, 3.05) is 14.2 Å². The molecule has 116 valence electrons. The number of methoxy groups -OCH3 is 1. The Bertz CT molecular complexity index is 564. The second-order valence-corrected chi connectivity index (χ2v) is 5.42. The Kier molecular flexibility index (Phi) is 5.76. The van der Waals surface area contributed by atoms with E-state index in [1.165, 1.54) is 5.52 Å². The van der Waals surface area contributed by atoms with Crippen molar-refractivity contribution in [3.05, 3.63) is 30.1 Å². The molecule has 0 spiro atoms. The maximum atomic E-state index is 5.66. The fourth-order valence-electron chi connectivity index (χ4n) is 3.02. The molecule has 4 heteroatoms. The van der Waals surface area contributed by atoms with Gasteiger partial charge in [-0.25, -0.2) is 4.98 Å². The average molecular weight is 289 g/mol. The summed E-state index contributed by atoms with van der Waals surface area (Å²) in [4.78, 5) is 4.82. The van der Waals surface area contributed by atoms with Crippen LogP contribution in [0.4, 0.5) is 0 Å². The number of hydrogen-bond acceptors (Lipinski definition) is 3. The number of imidazole rings is 1. The van der Waals surface area contributed by atoms with Gasteiger partial charge in [-0.05, 0) is 32.5 Å². The quantitative estimate of drug-likeness (QED) is 0.812. The minimum absolute atomic E-state index is 0.227. The highest BCUT2D eigenvalue weighted by Gasteiger charge is 2.22. The SMILES string of the molecule is CCCC(OC)C(Cc1nc2ccccc2n1CC)NC. The molecule has 21 heavy (non-hydrogen) atoms. The van der Waals surface area contributed by atoms with Gasteiger partial charge in [-0.2, -0.15) is 0 Å². The maximum absolute atomic E-state index is 5.66. The third kappa shape index (κ3) is 3.44. The van der Waals surface area contributed by atoms with Gasteiger partial charge < -0.3 is 14.6 Å². The molecule has 0 fully saturated rings. The van der Waals surface area contributed by atoms with E-state index in [4.69, 9.17) is 9.72 Å². The molecule has 0 aliphatic carbocycles. The molecule has 0 saturated carbocycles. The first-order valence-electron chi connectivity index (χ1n) is 7.89. The van der Waals surface area contributed by atoms with Crippen LogP contribution >= 0.6 is 0 Å². The van der Waals surface area contributed by atoms with Crippen LogP contribution in [0.2, 0.25) is 0 Å². The first-order valence-corrected chi connectivity index (χ1v) is 7.89. The van der Waals surface area contributed by atoms with E-state index in [0.29, 0.717) is 0 Å². The van der Waals surface area contributed by atoms with Gasteiger partial charge in [0.2, 0.25) is 0 Å². The van der Waals surface area contributed by atoms with Gasteiger partial charge in [0, 0.05) is 26.1 Å². The molecular weight excluding hydrogens is 262 g/mol. The largest absolute Gasteiger partial charge is 0.380 e. The van der Waals surface area contributed by atoms with Crippen LogP contribution in [0, 0.1) is 0 Å². The first-order chi connectivity index (χ1) is 10.2. The molecule has 2 atom stereocenters. The average Bonchev–Trinajstić information content (AvgIpc) is 2.87. The highest BCUT2D eigenvalue weighted by atomic mass is 16.5. The van der Waals surface area contributed by atoms with Crippen molar-refractivity contribution < 1.29 is 4.74 Å². The number of benzene rings is 1. The molecule has 0 amide bonds. The van der Waals surface area contributed by atoms with Crippen LogP contribution in [0.25, 0.3) is 11.0 Å². The summed E-state index contributed by atoms with van der Waals surface area (Å²) in [5.41, 5.74) is 2.29. The normalized spacial score (nSPS) is 14.5. The van der Waals surface area contributed by atoms with E-state index < -0.39 is 0 Å². The Morgan fingerprint density at radius 1 is 1.29 bits per heavy atom. The van der Waals surface area contributed by atoms with Crippen LogP contribution in [0.15, 0.2) is 24.3 Å². The van der Waals surface area contributed by atoms with E-state index in [2.05, 4.69) is 41.9 Å². The van der Waals surface area contributed by atoms with Gasteiger partial charge in [-0.15, -0.1) is 0 Å². The fraction of sp³-hybridized carbons (Fsp3) is 0.588. The van der Waals surface area contributed by atoms with Crippen LogP contribution in [-0.2, 0) is 17.7 Å². The maximum Gasteiger partial charge on any atom is 0.111 e. The van der Waals surface area contributed by atoms with Gasteiger partial charge in [0.25, 0.3) is 0 Å². The van der Waals surface area contributed by atoms with Crippen LogP contribution in [0.3, 0.4) is 0 Å². The number of likely N-dealkylation sites (N-methyl/N-ethyl adjacent to an activating group) is 1. The zero-order valence-corrected chi connectivity index (χ0v) is 13.6. The number of hydrogen-bond donors (Lipinski definition) is 1. The lowest BCUT2D eigenvalue weighted by Crippen LogP contribution is -2.41. The molecule has 2 rings (SSSR count). The molecule has 2 aromatic rings. The van der Waals surface area contributed by atoms with Crippen LogP contribution in [-0.4, -0.2) is 35.9 Å². The Morgan fingerprint density at radius 2 is 2.05 bits per heavy atom. The van der Waals surface area contributed by atoms with Crippen molar-refractivity contribution in [1.29, 1.82) is 0 Å². The van der Waals surface area contributed by atoms with Crippen LogP contribution < -0.4 is 5.32 Å². The predicted molar refractivity (Wildman–Crippen MR) is 87.7 cm³/mol. The van der Waals surface area contributed by atoms with E-state index in [1.807, 2.05) is 13.1 Å². The molecule has 0 aliphatic heterocycles. The summed E-state index contributed by atoms with van der Waals surface area (Å²) in [6, 6.07) is 8.63. The molecule has 0 aliphatic rings. The van der Waals surface area contributed by atoms with E-state index >= 15 is 0 Å². The van der Waals surface area contributed by atoms with Crippen molar-refractivity contribution in [3.8, 4) is 0 Å². The standard InChI is InChI=1S/C17H27N3O/c1-5-9-16(21-4)14(18-3)12-17-19-13-10-7-8-11-15(13)20(17)6-2/h7-8,10-11,14,16,18H,5-6,9,12H2,1-4H3. The molecular formula is C17H27N3O. The van der Waals surface area contributed by atoms with Crippen molar-refractivity contribution in [2.45, 2.75) is 51.8 Å². The number of para-hydroxylation sites is 2. The van der Waals surface area contributed by atoms with Crippen molar-refractivity contribution in [1.82, 2.24) is 14.9 Å². The van der Waals surface area contributed by atoms with E-state index in [-0.39, 0.29) is 12.1 Å². The number of fused-ring (bicyclic) bond motifs is 1. The summed E-state index contributed by atoms with van der Waals surface area (Å²) in [6.45, 7) is 5.31. The zero-order valence-electron chi connectivity index (χ0n) is 13.6. The number of aryl methyl sites for hydroxylation is 1. The Labute approximate surface area is 127 Å². The third-order valence-electron chi connectivity index (χ3n) is 4.15.